The van der Waals surface area contributed by atoms with E-state index in [0.717, 1.165) is 24.9 Å². The molecule has 1 saturated carbocycles. The normalized spacial score (nSPS) is 31.2. The quantitative estimate of drug-likeness (QED) is 0.342. The van der Waals surface area contributed by atoms with Gasteiger partial charge in [0, 0.05) is 12.5 Å². The van der Waals surface area contributed by atoms with Crippen LogP contribution in [0.4, 0.5) is 0 Å². The van der Waals surface area contributed by atoms with Gasteiger partial charge in [-0.25, -0.2) is 0 Å². The lowest BCUT2D eigenvalue weighted by Gasteiger charge is -2.44. The number of nitrogens with two attached hydrogens (primary N) is 1. The number of rotatable bonds is 4. The molecule has 1 aliphatic carbocycles. The van der Waals surface area contributed by atoms with Gasteiger partial charge in [0.25, 0.3) is 0 Å². The van der Waals surface area contributed by atoms with Gasteiger partial charge in [0.2, 0.25) is 0 Å². The average Bonchev–Trinajstić information content (AvgIpc) is 2.39. The van der Waals surface area contributed by atoms with Crippen molar-refractivity contribution >= 4 is 5.84 Å². The van der Waals surface area contributed by atoms with Crippen molar-refractivity contribution in [1.29, 1.82) is 0 Å². The third-order valence-electron chi connectivity index (χ3n) is 4.36. The van der Waals surface area contributed by atoms with E-state index < -0.39 is 0 Å². The second kappa shape index (κ2) is 6.24. The number of hydrogen-bond donors (Lipinski definition) is 2. The fourth-order valence-electron chi connectivity index (χ4n) is 3.52. The molecule has 2 fully saturated rings. The SMILES string of the molecule is NC(CCCN1CCC[C@H]2CCCC[C@H]21)=NO. The minimum atomic E-state index is 0.363. The van der Waals surface area contributed by atoms with E-state index in [2.05, 4.69) is 10.1 Å². The van der Waals surface area contributed by atoms with Crippen LogP contribution in [0, 0.1) is 5.92 Å². The monoisotopic (exact) mass is 239 g/mol. The second-order valence-electron chi connectivity index (χ2n) is 5.48. The van der Waals surface area contributed by atoms with Crippen molar-refractivity contribution in [3.63, 3.8) is 0 Å². The summed E-state index contributed by atoms with van der Waals surface area (Å²) in [5.41, 5.74) is 5.50. The number of likely N-dealkylation sites (tertiary alicyclic amines) is 1. The average molecular weight is 239 g/mol. The Balaban J connectivity index is 1.78. The number of nitrogens with zero attached hydrogens (tertiary/aromatic N) is 2. The first-order valence-electron chi connectivity index (χ1n) is 7.01. The lowest BCUT2D eigenvalue weighted by molar-refractivity contribution is 0.0605. The Morgan fingerprint density at radius 1 is 1.24 bits per heavy atom. The topological polar surface area (TPSA) is 61.8 Å². The van der Waals surface area contributed by atoms with Crippen LogP contribution in [0.1, 0.15) is 51.4 Å². The lowest BCUT2D eigenvalue weighted by atomic mass is 9.78. The molecule has 2 atom stereocenters. The number of oxime groups is 1. The maximum Gasteiger partial charge on any atom is 0.139 e. The van der Waals surface area contributed by atoms with Crippen molar-refractivity contribution in [2.45, 2.75) is 57.4 Å². The highest BCUT2D eigenvalue weighted by Gasteiger charge is 2.32. The smallest absolute Gasteiger partial charge is 0.139 e. The molecule has 1 aliphatic heterocycles. The fraction of sp³-hybridized carbons (Fsp3) is 0.923. The van der Waals surface area contributed by atoms with Gasteiger partial charge in [-0.15, -0.1) is 0 Å². The van der Waals surface area contributed by atoms with Crippen molar-refractivity contribution in [1.82, 2.24) is 4.90 Å². The molecule has 2 rings (SSSR count). The molecule has 1 saturated heterocycles. The predicted octanol–water partition coefficient (Wildman–Crippen LogP) is 2.17. The highest BCUT2D eigenvalue weighted by molar-refractivity contribution is 5.79. The third kappa shape index (κ3) is 3.35. The lowest BCUT2D eigenvalue weighted by Crippen LogP contribution is -2.47. The van der Waals surface area contributed by atoms with Crippen LogP contribution in [-0.4, -0.2) is 35.1 Å². The van der Waals surface area contributed by atoms with Gasteiger partial charge in [-0.05, 0) is 51.1 Å². The molecule has 98 valence electrons. The molecule has 4 heteroatoms. The van der Waals surface area contributed by atoms with Crippen LogP contribution < -0.4 is 5.73 Å². The number of piperidine rings is 1. The zero-order valence-electron chi connectivity index (χ0n) is 10.6. The van der Waals surface area contributed by atoms with Crippen LogP contribution in [0.25, 0.3) is 0 Å². The molecule has 0 spiro atoms. The van der Waals surface area contributed by atoms with E-state index in [-0.39, 0.29) is 0 Å². The molecule has 0 unspecified atom stereocenters. The van der Waals surface area contributed by atoms with Gasteiger partial charge in [-0.1, -0.05) is 18.0 Å². The van der Waals surface area contributed by atoms with Crippen LogP contribution in [0.15, 0.2) is 5.16 Å². The highest BCUT2D eigenvalue weighted by Crippen LogP contribution is 2.35. The summed E-state index contributed by atoms with van der Waals surface area (Å²) in [6, 6.07) is 0.824. The molecule has 3 N–H and O–H groups in total. The molecule has 17 heavy (non-hydrogen) atoms. The molecule has 4 nitrogen and oxygen atoms in total. The Morgan fingerprint density at radius 2 is 2.00 bits per heavy atom. The minimum Gasteiger partial charge on any atom is -0.409 e. The first-order chi connectivity index (χ1) is 8.31. The zero-order valence-corrected chi connectivity index (χ0v) is 10.6. The molecular formula is C13H25N3O. The molecule has 0 radical (unpaired) electrons. The summed E-state index contributed by atoms with van der Waals surface area (Å²) < 4.78 is 0. The third-order valence-corrected chi connectivity index (χ3v) is 4.36. The molecule has 0 amide bonds. The summed E-state index contributed by atoms with van der Waals surface area (Å²) in [6.07, 6.45) is 10.2. The van der Waals surface area contributed by atoms with Gasteiger partial charge in [0.05, 0.1) is 0 Å². The molecule has 0 bridgehead atoms. The molecule has 0 aromatic heterocycles. The Labute approximate surface area is 104 Å². The molecule has 0 aromatic carbocycles. The molecular weight excluding hydrogens is 214 g/mol. The summed E-state index contributed by atoms with van der Waals surface area (Å²) in [5.74, 6) is 1.31. The van der Waals surface area contributed by atoms with Crippen molar-refractivity contribution in [2.24, 2.45) is 16.8 Å². The van der Waals surface area contributed by atoms with E-state index in [1.807, 2.05) is 0 Å². The van der Waals surface area contributed by atoms with Crippen LogP contribution in [0.5, 0.6) is 0 Å². The number of fused-ring (bicyclic) bond motifs is 1. The number of amidine groups is 1. The van der Waals surface area contributed by atoms with Crippen molar-refractivity contribution in [2.75, 3.05) is 13.1 Å². The van der Waals surface area contributed by atoms with E-state index in [9.17, 15) is 0 Å². The molecule has 0 aromatic rings. The van der Waals surface area contributed by atoms with Crippen LogP contribution >= 0.6 is 0 Å². The Kier molecular flexibility index (Phi) is 4.66. The Bertz CT molecular complexity index is 265. The van der Waals surface area contributed by atoms with E-state index in [1.165, 1.54) is 45.1 Å². The Morgan fingerprint density at radius 3 is 2.82 bits per heavy atom. The van der Waals surface area contributed by atoms with Crippen molar-refractivity contribution in [3.8, 4) is 0 Å². The zero-order chi connectivity index (χ0) is 12.1. The van der Waals surface area contributed by atoms with Crippen molar-refractivity contribution < 1.29 is 5.21 Å². The fourth-order valence-corrected chi connectivity index (χ4v) is 3.52. The maximum atomic E-state index is 8.51. The Hall–Kier alpha value is -0.770. The first kappa shape index (κ1) is 12.7. The highest BCUT2D eigenvalue weighted by atomic mass is 16.4. The van der Waals surface area contributed by atoms with Crippen LogP contribution in [-0.2, 0) is 0 Å². The maximum absolute atomic E-state index is 8.51. The van der Waals surface area contributed by atoms with Gasteiger partial charge in [0.1, 0.15) is 5.84 Å². The van der Waals surface area contributed by atoms with Gasteiger partial charge in [-0.2, -0.15) is 0 Å². The molecule has 2 aliphatic rings. The van der Waals surface area contributed by atoms with E-state index in [1.54, 1.807) is 0 Å². The summed E-state index contributed by atoms with van der Waals surface area (Å²) >= 11 is 0. The number of hydrogen-bond acceptors (Lipinski definition) is 3. The van der Waals surface area contributed by atoms with Gasteiger partial charge in [0.15, 0.2) is 0 Å². The minimum absolute atomic E-state index is 0.363. The summed E-state index contributed by atoms with van der Waals surface area (Å²) in [5, 5.41) is 11.5. The summed E-state index contributed by atoms with van der Waals surface area (Å²) in [6.45, 7) is 2.36. The van der Waals surface area contributed by atoms with E-state index >= 15 is 0 Å². The van der Waals surface area contributed by atoms with E-state index in [4.69, 9.17) is 10.9 Å². The second-order valence-corrected chi connectivity index (χ2v) is 5.48. The van der Waals surface area contributed by atoms with Gasteiger partial charge < -0.3 is 15.8 Å². The summed E-state index contributed by atoms with van der Waals surface area (Å²) in [4.78, 5) is 2.65. The van der Waals surface area contributed by atoms with Gasteiger partial charge in [-0.3, -0.25) is 0 Å². The van der Waals surface area contributed by atoms with Crippen LogP contribution in [0.2, 0.25) is 0 Å². The summed E-state index contributed by atoms with van der Waals surface area (Å²) in [7, 11) is 0. The first-order valence-corrected chi connectivity index (χ1v) is 7.01. The molecule has 1 heterocycles. The standard InChI is InChI=1S/C13H25N3O/c14-13(15-17)8-4-10-16-9-3-6-11-5-1-2-7-12(11)16/h11-12,17H,1-10H2,(H2,14,15)/t11-,12-/m1/s1. The van der Waals surface area contributed by atoms with Crippen LogP contribution in [0.3, 0.4) is 0 Å². The predicted molar refractivity (Wildman–Crippen MR) is 69.2 cm³/mol. The largest absolute Gasteiger partial charge is 0.409 e. The van der Waals surface area contributed by atoms with Gasteiger partial charge >= 0.3 is 0 Å². The van der Waals surface area contributed by atoms with E-state index in [0.29, 0.717) is 12.3 Å². The van der Waals surface area contributed by atoms with Crippen molar-refractivity contribution in [3.05, 3.63) is 0 Å².